The van der Waals surface area contributed by atoms with Gasteiger partial charge in [-0.15, -0.1) is 0 Å². The summed E-state index contributed by atoms with van der Waals surface area (Å²) in [7, 11) is 6.56. The Morgan fingerprint density at radius 3 is 2.24 bits per heavy atom. The van der Waals surface area contributed by atoms with Gasteiger partial charge >= 0.3 is 0 Å². The molecule has 0 unspecified atom stereocenters. The third-order valence-corrected chi connectivity index (χ3v) is 4.40. The van der Waals surface area contributed by atoms with Gasteiger partial charge in [0, 0.05) is 24.7 Å². The fourth-order valence-electron chi connectivity index (χ4n) is 2.85. The van der Waals surface area contributed by atoms with Crippen LogP contribution in [0.2, 0.25) is 0 Å². The molecule has 2 rings (SSSR count). The first-order chi connectivity index (χ1) is 14.1. The van der Waals surface area contributed by atoms with Gasteiger partial charge in [0.25, 0.3) is 0 Å². The van der Waals surface area contributed by atoms with Crippen LogP contribution in [0.25, 0.3) is 0 Å². The van der Waals surface area contributed by atoms with Crippen molar-refractivity contribution in [3.63, 3.8) is 0 Å². The molecule has 158 valence electrons. The number of nitrogens with zero attached hydrogens (tertiary/aromatic N) is 1. The van der Waals surface area contributed by atoms with Crippen LogP contribution in [0.4, 0.5) is 0 Å². The van der Waals surface area contributed by atoms with Crippen molar-refractivity contribution in [3.8, 4) is 23.0 Å². The van der Waals surface area contributed by atoms with Crippen LogP contribution in [0.3, 0.4) is 0 Å². The fourth-order valence-corrected chi connectivity index (χ4v) is 2.85. The number of nitrogens with one attached hydrogen (secondary N) is 2. The Balaban J connectivity index is 1.99. The first-order valence-corrected chi connectivity index (χ1v) is 9.59. The lowest BCUT2D eigenvalue weighted by Crippen LogP contribution is -2.38. The molecule has 0 aliphatic rings. The molecule has 29 heavy (non-hydrogen) atoms. The normalized spacial score (nSPS) is 11.0. The van der Waals surface area contributed by atoms with E-state index in [4.69, 9.17) is 18.9 Å². The summed E-state index contributed by atoms with van der Waals surface area (Å²) in [5.74, 6) is 3.74. The van der Waals surface area contributed by atoms with Gasteiger partial charge in [0.15, 0.2) is 17.5 Å². The van der Waals surface area contributed by atoms with Crippen molar-refractivity contribution in [1.82, 2.24) is 10.6 Å². The van der Waals surface area contributed by atoms with Gasteiger partial charge in [-0.05, 0) is 43.2 Å². The summed E-state index contributed by atoms with van der Waals surface area (Å²) >= 11 is 0. The minimum Gasteiger partial charge on any atom is -0.497 e. The van der Waals surface area contributed by atoms with Gasteiger partial charge in [0.2, 0.25) is 0 Å². The Kier molecular flexibility index (Phi) is 8.95. The monoisotopic (exact) mass is 401 g/mol. The van der Waals surface area contributed by atoms with Gasteiger partial charge < -0.3 is 29.6 Å². The van der Waals surface area contributed by atoms with Gasteiger partial charge in [-0.1, -0.05) is 6.07 Å². The number of ether oxygens (including phenoxy) is 4. The zero-order chi connectivity index (χ0) is 21.1. The van der Waals surface area contributed by atoms with Crippen LogP contribution >= 0.6 is 0 Å². The zero-order valence-corrected chi connectivity index (χ0v) is 17.9. The molecule has 2 aromatic carbocycles. The standard InChI is InChI=1S/C22H31N3O4/c1-6-23-22(25-15-17-8-9-18(26-2)14-20(17)28-4)24-12-11-16-7-10-19(27-3)21(13-16)29-5/h7-10,13-14H,6,11-12,15H2,1-5H3,(H2,23,24,25). The molecule has 2 aromatic rings. The topological polar surface area (TPSA) is 73.3 Å². The fraction of sp³-hybridized carbons (Fsp3) is 0.409. The van der Waals surface area contributed by atoms with Gasteiger partial charge in [-0.25, -0.2) is 4.99 Å². The number of rotatable bonds is 10. The van der Waals surface area contributed by atoms with Crippen molar-refractivity contribution < 1.29 is 18.9 Å². The molecule has 0 aromatic heterocycles. The predicted octanol–water partition coefficient (Wildman–Crippen LogP) is 3.02. The Morgan fingerprint density at radius 2 is 1.59 bits per heavy atom. The van der Waals surface area contributed by atoms with Gasteiger partial charge in [0.1, 0.15) is 11.5 Å². The lowest BCUT2D eigenvalue weighted by molar-refractivity contribution is 0.354. The highest BCUT2D eigenvalue weighted by Crippen LogP contribution is 2.27. The Hall–Kier alpha value is -3.09. The molecule has 0 fully saturated rings. The maximum Gasteiger partial charge on any atom is 0.191 e. The highest BCUT2D eigenvalue weighted by atomic mass is 16.5. The highest BCUT2D eigenvalue weighted by Gasteiger charge is 2.07. The summed E-state index contributed by atoms with van der Waals surface area (Å²) in [5, 5.41) is 6.64. The minimum atomic E-state index is 0.499. The summed E-state index contributed by atoms with van der Waals surface area (Å²) in [5.41, 5.74) is 2.15. The summed E-state index contributed by atoms with van der Waals surface area (Å²) in [6, 6.07) is 11.7. The Labute approximate surface area is 173 Å². The molecule has 0 saturated carbocycles. The molecule has 0 aliphatic carbocycles. The van der Waals surface area contributed by atoms with Crippen LogP contribution in [0, 0.1) is 0 Å². The van der Waals surface area contributed by atoms with Crippen LogP contribution in [-0.4, -0.2) is 47.5 Å². The minimum absolute atomic E-state index is 0.499. The van der Waals surface area contributed by atoms with Gasteiger partial charge in [0.05, 0.1) is 35.0 Å². The van der Waals surface area contributed by atoms with E-state index in [2.05, 4.69) is 15.6 Å². The summed E-state index contributed by atoms with van der Waals surface area (Å²) in [6.07, 6.45) is 0.830. The molecule has 0 saturated heterocycles. The van der Waals surface area contributed by atoms with E-state index >= 15 is 0 Å². The number of aliphatic imine (C=N–C) groups is 1. The molecule has 0 aliphatic heterocycles. The van der Waals surface area contributed by atoms with E-state index in [9.17, 15) is 0 Å². The van der Waals surface area contributed by atoms with Crippen molar-refractivity contribution in [3.05, 3.63) is 47.5 Å². The lowest BCUT2D eigenvalue weighted by Gasteiger charge is -2.13. The van der Waals surface area contributed by atoms with E-state index in [0.29, 0.717) is 6.54 Å². The van der Waals surface area contributed by atoms with Crippen LogP contribution < -0.4 is 29.6 Å². The molecule has 7 heteroatoms. The largest absolute Gasteiger partial charge is 0.497 e. The first-order valence-electron chi connectivity index (χ1n) is 9.59. The molecule has 0 radical (unpaired) electrons. The van der Waals surface area contributed by atoms with Gasteiger partial charge in [-0.3, -0.25) is 0 Å². The van der Waals surface area contributed by atoms with Crippen LogP contribution in [0.1, 0.15) is 18.1 Å². The van der Waals surface area contributed by atoms with Crippen molar-refractivity contribution in [1.29, 1.82) is 0 Å². The first kappa shape index (κ1) is 22.2. The van der Waals surface area contributed by atoms with E-state index in [0.717, 1.165) is 59.6 Å². The van der Waals surface area contributed by atoms with Crippen molar-refractivity contribution in [2.75, 3.05) is 41.5 Å². The van der Waals surface area contributed by atoms with E-state index < -0.39 is 0 Å². The summed E-state index contributed by atoms with van der Waals surface area (Å²) < 4.78 is 21.3. The Bertz CT molecular complexity index is 809. The lowest BCUT2D eigenvalue weighted by atomic mass is 10.1. The molecule has 0 spiro atoms. The van der Waals surface area contributed by atoms with E-state index in [1.807, 2.05) is 43.3 Å². The van der Waals surface area contributed by atoms with Crippen LogP contribution in [0.5, 0.6) is 23.0 Å². The average molecular weight is 402 g/mol. The van der Waals surface area contributed by atoms with Crippen molar-refractivity contribution in [2.45, 2.75) is 19.9 Å². The second-order valence-electron chi connectivity index (χ2n) is 6.24. The number of benzene rings is 2. The van der Waals surface area contributed by atoms with Crippen LogP contribution in [0.15, 0.2) is 41.4 Å². The highest BCUT2D eigenvalue weighted by molar-refractivity contribution is 5.79. The zero-order valence-electron chi connectivity index (χ0n) is 17.9. The van der Waals surface area contributed by atoms with Crippen molar-refractivity contribution >= 4 is 5.96 Å². The number of hydrogen-bond donors (Lipinski definition) is 2. The molecule has 7 nitrogen and oxygen atoms in total. The second kappa shape index (κ2) is 11.7. The molecule has 0 heterocycles. The molecule has 0 bridgehead atoms. The van der Waals surface area contributed by atoms with E-state index in [1.54, 1.807) is 28.4 Å². The quantitative estimate of drug-likeness (QED) is 0.471. The number of guanidine groups is 1. The summed E-state index contributed by atoms with van der Waals surface area (Å²) in [4.78, 5) is 4.67. The Morgan fingerprint density at radius 1 is 0.828 bits per heavy atom. The number of methoxy groups -OCH3 is 4. The molecule has 2 N–H and O–H groups in total. The molecular formula is C22H31N3O4. The third-order valence-electron chi connectivity index (χ3n) is 4.40. The average Bonchev–Trinajstić information content (AvgIpc) is 2.77. The number of hydrogen-bond acceptors (Lipinski definition) is 5. The van der Waals surface area contributed by atoms with E-state index in [-0.39, 0.29) is 0 Å². The third kappa shape index (κ3) is 6.48. The molecule has 0 atom stereocenters. The van der Waals surface area contributed by atoms with Gasteiger partial charge in [-0.2, -0.15) is 0 Å². The molecular weight excluding hydrogens is 370 g/mol. The van der Waals surface area contributed by atoms with E-state index in [1.165, 1.54) is 0 Å². The van der Waals surface area contributed by atoms with Crippen LogP contribution in [-0.2, 0) is 13.0 Å². The smallest absolute Gasteiger partial charge is 0.191 e. The summed E-state index contributed by atoms with van der Waals surface area (Å²) in [6.45, 7) is 4.06. The maximum absolute atomic E-state index is 5.45. The molecule has 0 amide bonds. The SMILES string of the molecule is CCNC(=NCc1ccc(OC)cc1OC)NCCc1ccc(OC)c(OC)c1. The predicted molar refractivity (Wildman–Crippen MR) is 116 cm³/mol. The maximum atomic E-state index is 5.45. The second-order valence-corrected chi connectivity index (χ2v) is 6.24. The van der Waals surface area contributed by atoms with Crippen molar-refractivity contribution in [2.24, 2.45) is 4.99 Å².